The Morgan fingerprint density at radius 1 is 1.30 bits per heavy atom. The summed E-state index contributed by atoms with van der Waals surface area (Å²) >= 11 is 0. The first-order valence-electron chi connectivity index (χ1n) is 5.19. The van der Waals surface area contributed by atoms with Gasteiger partial charge in [0.25, 0.3) is 0 Å². The van der Waals surface area contributed by atoms with Crippen LogP contribution in [-0.4, -0.2) is 34.3 Å². The summed E-state index contributed by atoms with van der Waals surface area (Å²) < 4.78 is 64.8. The average Bonchev–Trinajstić information content (AvgIpc) is 2.36. The number of carbonyl (C=O) groups is 1. The molecule has 1 aromatic carbocycles. The lowest BCUT2D eigenvalue weighted by Gasteiger charge is -2.12. The van der Waals surface area contributed by atoms with E-state index in [-0.39, 0.29) is 10.6 Å². The number of nitrogens with one attached hydrogen (secondary N) is 2. The maximum atomic E-state index is 11.9. The van der Waals surface area contributed by atoms with Gasteiger partial charge in [0, 0.05) is 0 Å². The molecule has 0 aliphatic heterocycles. The highest BCUT2D eigenvalue weighted by Gasteiger charge is 2.30. The minimum absolute atomic E-state index is 0.186. The topological polar surface area (TPSA) is 84.5 Å². The number of ether oxygens (including phenoxy) is 1. The highest BCUT2D eigenvalue weighted by molar-refractivity contribution is 7.89. The molecule has 0 heterocycles. The first-order valence-corrected chi connectivity index (χ1v) is 6.67. The summed E-state index contributed by atoms with van der Waals surface area (Å²) in [5, 5.41) is 1.94. The number of anilines is 1. The second-order valence-electron chi connectivity index (χ2n) is 3.52. The number of hydrogen-bond donors (Lipinski definition) is 2. The van der Waals surface area contributed by atoms with E-state index in [1.807, 2.05) is 10.0 Å². The number of sulfonamides is 1. The normalized spacial score (nSPS) is 12.0. The van der Waals surface area contributed by atoms with Crippen LogP contribution in [0.25, 0.3) is 0 Å². The predicted molar refractivity (Wildman–Crippen MR) is 63.7 cm³/mol. The Kier molecular flexibility index (Phi) is 4.95. The summed E-state index contributed by atoms with van der Waals surface area (Å²) in [6.07, 6.45) is -6.06. The van der Waals surface area contributed by atoms with Crippen molar-refractivity contribution in [2.75, 3.05) is 19.0 Å². The van der Waals surface area contributed by atoms with Crippen molar-refractivity contribution in [2.45, 2.75) is 11.1 Å². The van der Waals surface area contributed by atoms with Crippen molar-refractivity contribution in [3.05, 3.63) is 24.3 Å². The third-order valence-electron chi connectivity index (χ3n) is 2.05. The molecule has 10 heteroatoms. The van der Waals surface area contributed by atoms with Crippen LogP contribution in [0.15, 0.2) is 29.2 Å². The molecule has 0 aliphatic rings. The number of hydrogen-bond acceptors (Lipinski definition) is 4. The minimum atomic E-state index is -4.66. The Morgan fingerprint density at radius 2 is 1.90 bits per heavy atom. The Labute approximate surface area is 113 Å². The molecule has 0 unspecified atom stereocenters. The molecule has 0 fully saturated rings. The maximum Gasteiger partial charge on any atom is 0.422 e. The molecule has 1 rings (SSSR count). The molecule has 112 valence electrons. The van der Waals surface area contributed by atoms with Crippen molar-refractivity contribution >= 4 is 21.8 Å². The van der Waals surface area contributed by atoms with Crippen LogP contribution in [0.3, 0.4) is 0 Å². The van der Waals surface area contributed by atoms with E-state index in [0.717, 1.165) is 7.05 Å². The molecule has 0 aromatic heterocycles. The molecular formula is C10H11F3N2O4S. The van der Waals surface area contributed by atoms with Crippen molar-refractivity contribution in [2.24, 2.45) is 0 Å². The van der Waals surface area contributed by atoms with Crippen LogP contribution in [0, 0.1) is 0 Å². The molecule has 0 aliphatic carbocycles. The summed E-state index contributed by atoms with van der Waals surface area (Å²) in [6.45, 7) is -1.76. The summed E-state index contributed by atoms with van der Waals surface area (Å²) in [5.74, 6) is 0. The smallest absolute Gasteiger partial charge is 0.422 e. The van der Waals surface area contributed by atoms with Gasteiger partial charge in [0.15, 0.2) is 6.61 Å². The van der Waals surface area contributed by atoms with Gasteiger partial charge < -0.3 is 4.74 Å². The third-order valence-corrected chi connectivity index (χ3v) is 3.52. The number of carbonyl (C=O) groups excluding carboxylic acids is 1. The van der Waals surface area contributed by atoms with E-state index in [4.69, 9.17) is 0 Å². The van der Waals surface area contributed by atoms with E-state index in [1.54, 1.807) is 0 Å². The number of rotatable bonds is 4. The van der Waals surface area contributed by atoms with Gasteiger partial charge in [-0.3, -0.25) is 5.32 Å². The van der Waals surface area contributed by atoms with Gasteiger partial charge in [0.1, 0.15) is 4.90 Å². The lowest BCUT2D eigenvalue weighted by molar-refractivity contribution is -0.159. The predicted octanol–water partition coefficient (Wildman–Crippen LogP) is 1.71. The fraction of sp³-hybridized carbons (Fsp3) is 0.300. The van der Waals surface area contributed by atoms with E-state index in [0.29, 0.717) is 0 Å². The van der Waals surface area contributed by atoms with Gasteiger partial charge in [-0.1, -0.05) is 12.1 Å². The summed E-state index contributed by atoms with van der Waals surface area (Å²) in [7, 11) is -2.70. The molecule has 1 aromatic rings. The zero-order valence-electron chi connectivity index (χ0n) is 10.2. The Hall–Kier alpha value is -1.81. The number of amides is 1. The van der Waals surface area contributed by atoms with Crippen molar-refractivity contribution in [3.8, 4) is 0 Å². The Morgan fingerprint density at radius 3 is 2.45 bits per heavy atom. The molecular weight excluding hydrogens is 301 g/mol. The van der Waals surface area contributed by atoms with Crippen LogP contribution in [0.5, 0.6) is 0 Å². The van der Waals surface area contributed by atoms with Gasteiger partial charge in [-0.25, -0.2) is 17.9 Å². The fourth-order valence-corrected chi connectivity index (χ4v) is 2.09. The summed E-state index contributed by atoms with van der Waals surface area (Å²) in [5.41, 5.74) is -0.186. The molecule has 20 heavy (non-hydrogen) atoms. The van der Waals surface area contributed by atoms with Gasteiger partial charge in [-0.05, 0) is 19.2 Å². The zero-order chi connectivity index (χ0) is 15.4. The summed E-state index contributed by atoms with van der Waals surface area (Å²) in [4.78, 5) is 10.9. The van der Waals surface area contributed by atoms with Crippen LogP contribution < -0.4 is 10.0 Å². The Balaban J connectivity index is 2.86. The molecule has 0 atom stereocenters. The molecule has 0 radical (unpaired) electrons. The standard InChI is InChI=1S/C10H11F3N2O4S/c1-14-20(17,18)8-5-3-2-4-7(8)15-9(16)19-6-10(11,12)13/h2-5,14H,6H2,1H3,(H,15,16). The molecule has 0 saturated heterocycles. The van der Waals surface area contributed by atoms with Crippen molar-refractivity contribution in [3.63, 3.8) is 0 Å². The number of benzene rings is 1. The first-order chi connectivity index (χ1) is 9.15. The van der Waals surface area contributed by atoms with Gasteiger partial charge in [0.2, 0.25) is 10.0 Å². The van der Waals surface area contributed by atoms with Gasteiger partial charge >= 0.3 is 12.3 Å². The summed E-state index contributed by atoms with van der Waals surface area (Å²) in [6, 6.07) is 5.22. The highest BCUT2D eigenvalue weighted by atomic mass is 32.2. The lowest BCUT2D eigenvalue weighted by Crippen LogP contribution is -2.25. The van der Waals surface area contributed by atoms with Gasteiger partial charge in [-0.15, -0.1) is 0 Å². The van der Waals surface area contributed by atoms with Crippen molar-refractivity contribution in [1.82, 2.24) is 4.72 Å². The van der Waals surface area contributed by atoms with Crippen LogP contribution in [0.4, 0.5) is 23.7 Å². The van der Waals surface area contributed by atoms with Crippen LogP contribution in [0.1, 0.15) is 0 Å². The van der Waals surface area contributed by atoms with Crippen molar-refractivity contribution < 1.29 is 31.1 Å². The van der Waals surface area contributed by atoms with Crippen LogP contribution in [-0.2, 0) is 14.8 Å². The molecule has 0 bridgehead atoms. The van der Waals surface area contributed by atoms with E-state index in [2.05, 4.69) is 4.74 Å². The van der Waals surface area contributed by atoms with Crippen molar-refractivity contribution in [1.29, 1.82) is 0 Å². The SMILES string of the molecule is CNS(=O)(=O)c1ccccc1NC(=O)OCC(F)(F)F. The second kappa shape index (κ2) is 6.09. The largest absolute Gasteiger partial charge is 0.440 e. The molecule has 2 N–H and O–H groups in total. The maximum absolute atomic E-state index is 11.9. The van der Waals surface area contributed by atoms with E-state index >= 15 is 0 Å². The molecule has 6 nitrogen and oxygen atoms in total. The average molecular weight is 312 g/mol. The minimum Gasteiger partial charge on any atom is -0.440 e. The zero-order valence-corrected chi connectivity index (χ0v) is 11.0. The number of alkyl halides is 3. The van der Waals surface area contributed by atoms with Gasteiger partial charge in [0.05, 0.1) is 5.69 Å². The van der Waals surface area contributed by atoms with Gasteiger partial charge in [-0.2, -0.15) is 13.2 Å². The second-order valence-corrected chi connectivity index (χ2v) is 5.37. The van der Waals surface area contributed by atoms with Crippen LogP contribution >= 0.6 is 0 Å². The third kappa shape index (κ3) is 4.70. The molecule has 0 spiro atoms. The lowest BCUT2D eigenvalue weighted by atomic mass is 10.3. The van der Waals surface area contributed by atoms with E-state index in [1.165, 1.54) is 24.3 Å². The Bertz CT molecular complexity index is 586. The monoisotopic (exact) mass is 312 g/mol. The molecule has 1 amide bonds. The van der Waals surface area contributed by atoms with E-state index in [9.17, 15) is 26.4 Å². The number of halogens is 3. The first kappa shape index (κ1) is 16.2. The quantitative estimate of drug-likeness (QED) is 0.886. The highest BCUT2D eigenvalue weighted by Crippen LogP contribution is 2.21. The number of para-hydroxylation sites is 1. The molecule has 0 saturated carbocycles. The van der Waals surface area contributed by atoms with Crippen LogP contribution in [0.2, 0.25) is 0 Å². The van der Waals surface area contributed by atoms with E-state index < -0.39 is 28.9 Å². The fourth-order valence-electron chi connectivity index (χ4n) is 1.21.